The molecule has 0 aliphatic carbocycles. The maximum atomic E-state index is 12.8. The highest BCUT2D eigenvalue weighted by atomic mass is 16.6. The van der Waals surface area contributed by atoms with Gasteiger partial charge in [0.2, 0.25) is 0 Å². The van der Waals surface area contributed by atoms with Crippen LogP contribution in [0.1, 0.15) is 251 Å². The van der Waals surface area contributed by atoms with Gasteiger partial charge in [0.1, 0.15) is 6.61 Å². The van der Waals surface area contributed by atoms with Gasteiger partial charge in [0.25, 0.3) is 0 Å². The summed E-state index contributed by atoms with van der Waals surface area (Å²) in [6.07, 6.45) is 52.2. The van der Waals surface area contributed by atoms with Gasteiger partial charge in [-0.1, -0.05) is 212 Å². The zero-order valence-electron chi connectivity index (χ0n) is 41.6. The van der Waals surface area contributed by atoms with Crippen molar-refractivity contribution in [1.29, 1.82) is 0 Å². The maximum Gasteiger partial charge on any atom is 0.362 e. The van der Waals surface area contributed by atoms with Gasteiger partial charge in [-0.25, -0.2) is 4.79 Å². The molecule has 0 radical (unpaired) electrons. The van der Waals surface area contributed by atoms with E-state index in [4.69, 9.17) is 14.2 Å². The first kappa shape index (κ1) is 59.8. The molecule has 0 aromatic carbocycles. The number of rotatable bonds is 48. The lowest BCUT2D eigenvalue weighted by Gasteiger charge is -2.31. The molecule has 0 aromatic heterocycles. The minimum atomic E-state index is -0.873. The third kappa shape index (κ3) is 43.1. The van der Waals surface area contributed by atoms with Crippen molar-refractivity contribution in [2.45, 2.75) is 264 Å². The number of carboxylic acid groups (broad SMARTS) is 1. The molecule has 62 heavy (non-hydrogen) atoms. The van der Waals surface area contributed by atoms with Crippen LogP contribution in [0.2, 0.25) is 0 Å². The average molecular weight is 877 g/mol. The fraction of sp³-hybridized carbons (Fsp3) is 0.870. The first-order valence-electron chi connectivity index (χ1n) is 26.4. The Morgan fingerprint density at radius 1 is 0.484 bits per heavy atom. The number of hydrogen-bond acceptors (Lipinski definition) is 6. The molecule has 2 unspecified atom stereocenters. The van der Waals surface area contributed by atoms with Gasteiger partial charge in [-0.15, -0.1) is 0 Å². The highest BCUT2D eigenvalue weighted by Crippen LogP contribution is 2.16. The molecule has 8 heteroatoms. The molecule has 2 atom stereocenters. The van der Waals surface area contributed by atoms with Gasteiger partial charge in [-0.05, 0) is 44.9 Å². The van der Waals surface area contributed by atoms with Crippen molar-refractivity contribution in [2.75, 3.05) is 41.0 Å². The van der Waals surface area contributed by atoms with Crippen LogP contribution in [0.3, 0.4) is 0 Å². The second kappa shape index (κ2) is 45.4. The molecule has 0 heterocycles. The number of carbonyl (C=O) groups is 3. The van der Waals surface area contributed by atoms with Crippen LogP contribution in [0.25, 0.3) is 0 Å². The minimum absolute atomic E-state index is 0.0503. The molecule has 0 spiro atoms. The Hall–Kier alpha value is -2.19. The van der Waals surface area contributed by atoms with Gasteiger partial charge in [0.15, 0.2) is 12.1 Å². The molecule has 0 aliphatic rings. The summed E-state index contributed by atoms with van der Waals surface area (Å²) in [5.41, 5.74) is 0. The molecule has 0 rings (SSSR count). The molecule has 0 aliphatic heterocycles. The van der Waals surface area contributed by atoms with Gasteiger partial charge in [0, 0.05) is 19.3 Å². The van der Waals surface area contributed by atoms with E-state index in [1.165, 1.54) is 167 Å². The number of allylic oxidation sites excluding steroid dienone is 4. The molecule has 1 N–H and O–H groups in total. The van der Waals surface area contributed by atoms with Crippen LogP contribution in [-0.2, 0) is 28.6 Å². The van der Waals surface area contributed by atoms with E-state index in [0.717, 1.165) is 51.4 Å². The Kier molecular flexibility index (Phi) is 43.8. The fourth-order valence-corrected chi connectivity index (χ4v) is 8.01. The Balaban J connectivity index is 4.21. The topological polar surface area (TPSA) is 99.1 Å². The van der Waals surface area contributed by atoms with Crippen molar-refractivity contribution in [3.05, 3.63) is 24.3 Å². The van der Waals surface area contributed by atoms with Crippen molar-refractivity contribution in [3.8, 4) is 0 Å². The Morgan fingerprint density at radius 3 is 1.24 bits per heavy atom. The molecule has 0 saturated heterocycles. The lowest BCUT2D eigenvalue weighted by Crippen LogP contribution is -2.50. The number of unbranched alkanes of at least 4 members (excludes halogenated alkanes) is 30. The van der Waals surface area contributed by atoms with E-state index >= 15 is 0 Å². The normalized spacial score (nSPS) is 13.0. The van der Waals surface area contributed by atoms with E-state index in [1.807, 2.05) is 21.1 Å². The van der Waals surface area contributed by atoms with E-state index in [2.05, 4.69) is 38.2 Å². The van der Waals surface area contributed by atoms with Gasteiger partial charge >= 0.3 is 17.9 Å². The van der Waals surface area contributed by atoms with Crippen LogP contribution < -0.4 is 0 Å². The van der Waals surface area contributed by atoms with E-state index < -0.39 is 18.1 Å². The number of ether oxygens (including phenoxy) is 3. The van der Waals surface area contributed by atoms with E-state index in [1.54, 1.807) is 0 Å². The molecule has 364 valence electrons. The number of likely N-dealkylation sites (N-methyl/N-ethyl adjacent to an activating group) is 1. The summed E-state index contributed by atoms with van der Waals surface area (Å²) < 4.78 is 17.4. The summed E-state index contributed by atoms with van der Waals surface area (Å²) in [4.78, 5) is 37.2. The van der Waals surface area contributed by atoms with Crippen molar-refractivity contribution >= 4 is 17.9 Å². The predicted octanol–water partition coefficient (Wildman–Crippen LogP) is 15.2. The highest BCUT2D eigenvalue weighted by Gasteiger charge is 2.31. The van der Waals surface area contributed by atoms with E-state index in [-0.39, 0.29) is 36.2 Å². The average Bonchev–Trinajstić information content (AvgIpc) is 3.23. The largest absolute Gasteiger partial charge is 0.477 e. The SMILES string of the molecule is CCCCCCCCCC/C=C/C/C=C/CCCCCCCCCC(=O)OCC(COCCC(C(=O)O)[N+](C)(C)C)OC(=O)CCCCCCCCCCCCCCCCCC. The molecular weight excluding hydrogens is 775 g/mol. The maximum absolute atomic E-state index is 12.8. The number of hydrogen-bond donors (Lipinski definition) is 1. The summed E-state index contributed by atoms with van der Waals surface area (Å²) in [6, 6.07) is -0.613. The Labute approximate surface area is 383 Å². The first-order chi connectivity index (χ1) is 30.1. The molecule has 0 saturated carbocycles. The van der Waals surface area contributed by atoms with Crippen LogP contribution in [0.5, 0.6) is 0 Å². The van der Waals surface area contributed by atoms with Crippen molar-refractivity contribution in [1.82, 2.24) is 0 Å². The molecule has 0 fully saturated rings. The third-order valence-electron chi connectivity index (χ3n) is 12.1. The van der Waals surface area contributed by atoms with E-state index in [9.17, 15) is 19.5 Å². The monoisotopic (exact) mass is 877 g/mol. The summed E-state index contributed by atoms with van der Waals surface area (Å²) in [5.74, 6) is -1.46. The number of quaternary nitrogens is 1. The second-order valence-corrected chi connectivity index (χ2v) is 19.1. The van der Waals surface area contributed by atoms with Crippen molar-refractivity contribution in [2.24, 2.45) is 0 Å². The number of nitrogens with zero attached hydrogens (tertiary/aromatic N) is 1. The number of carboxylic acids is 1. The van der Waals surface area contributed by atoms with Gasteiger partial charge < -0.3 is 23.8 Å². The lowest BCUT2D eigenvalue weighted by atomic mass is 10.0. The zero-order valence-corrected chi connectivity index (χ0v) is 41.6. The quantitative estimate of drug-likeness (QED) is 0.0281. The zero-order chi connectivity index (χ0) is 45.6. The number of carbonyl (C=O) groups excluding carboxylic acids is 2. The van der Waals surface area contributed by atoms with Gasteiger partial charge in [0.05, 0.1) is 34.4 Å². The summed E-state index contributed by atoms with van der Waals surface area (Å²) >= 11 is 0. The summed E-state index contributed by atoms with van der Waals surface area (Å²) in [7, 11) is 5.54. The van der Waals surface area contributed by atoms with Crippen molar-refractivity contribution < 1.29 is 38.2 Å². The second-order valence-electron chi connectivity index (χ2n) is 19.1. The van der Waals surface area contributed by atoms with Crippen LogP contribution >= 0.6 is 0 Å². The number of esters is 2. The van der Waals surface area contributed by atoms with Crippen molar-refractivity contribution in [3.63, 3.8) is 0 Å². The summed E-state index contributed by atoms with van der Waals surface area (Å²) in [6.45, 7) is 4.77. The third-order valence-corrected chi connectivity index (χ3v) is 12.1. The molecular formula is C54H102NO7+. The summed E-state index contributed by atoms with van der Waals surface area (Å²) in [5, 5.41) is 9.65. The number of aliphatic carboxylic acids is 1. The van der Waals surface area contributed by atoms with Crippen LogP contribution in [0, 0.1) is 0 Å². The first-order valence-corrected chi connectivity index (χ1v) is 26.4. The predicted molar refractivity (Wildman–Crippen MR) is 262 cm³/mol. The minimum Gasteiger partial charge on any atom is -0.477 e. The Bertz CT molecular complexity index is 1070. The smallest absolute Gasteiger partial charge is 0.362 e. The molecule has 8 nitrogen and oxygen atoms in total. The van der Waals surface area contributed by atoms with E-state index in [0.29, 0.717) is 19.3 Å². The molecule has 0 amide bonds. The van der Waals surface area contributed by atoms with Crippen LogP contribution in [-0.4, -0.2) is 80.6 Å². The Morgan fingerprint density at radius 2 is 0.855 bits per heavy atom. The van der Waals surface area contributed by atoms with Crippen LogP contribution in [0.4, 0.5) is 0 Å². The van der Waals surface area contributed by atoms with Gasteiger partial charge in [-0.3, -0.25) is 9.59 Å². The van der Waals surface area contributed by atoms with Crippen LogP contribution in [0.15, 0.2) is 24.3 Å². The fourth-order valence-electron chi connectivity index (χ4n) is 8.01. The highest BCUT2D eigenvalue weighted by molar-refractivity contribution is 5.72. The van der Waals surface area contributed by atoms with Gasteiger partial charge in [-0.2, -0.15) is 0 Å². The molecule has 0 bridgehead atoms. The lowest BCUT2D eigenvalue weighted by molar-refractivity contribution is -0.887. The standard InChI is InChI=1S/C54H101NO7/c1-6-8-10-12-14-16-18-20-22-24-25-26-27-28-29-31-32-34-36-38-40-42-44-52(56)61-49-50(48-60-47-46-51(54(58)59)55(3,4)5)62-53(57)45-43-41-39-37-35-33-30-23-21-19-17-15-13-11-9-7-2/h24-25,27-28,50-51H,6-23,26,29-49H2,1-5H3/p+1/b25-24+,28-27+. The molecule has 0 aromatic rings.